The first-order valence-corrected chi connectivity index (χ1v) is 11.3. The third-order valence-corrected chi connectivity index (χ3v) is 5.40. The van der Waals surface area contributed by atoms with Gasteiger partial charge in [-0.25, -0.2) is 0 Å². The lowest BCUT2D eigenvalue weighted by molar-refractivity contribution is -0.123. The number of benzene rings is 2. The Morgan fingerprint density at radius 3 is 2.21 bits per heavy atom. The molecule has 2 amide bonds. The molecule has 1 aliphatic rings. The summed E-state index contributed by atoms with van der Waals surface area (Å²) in [4.78, 5) is 24.1. The number of carbonyl (C=O) groups excluding carboxylic acids is 2. The summed E-state index contributed by atoms with van der Waals surface area (Å²) in [6.07, 6.45) is 2.57. The number of rotatable bonds is 10. The van der Waals surface area contributed by atoms with Crippen molar-refractivity contribution in [3.8, 4) is 17.2 Å². The number of nitrogens with one attached hydrogen (secondary N) is 2. The number of ether oxygens (including phenoxy) is 3. The van der Waals surface area contributed by atoms with Gasteiger partial charge in [-0.2, -0.15) is 0 Å². The van der Waals surface area contributed by atoms with Crippen LogP contribution in [0.4, 0.5) is 0 Å². The Hall–Kier alpha value is -3.39. The number of hydrogen-bond acceptors (Lipinski definition) is 6. The van der Waals surface area contributed by atoms with Crippen molar-refractivity contribution in [3.63, 3.8) is 0 Å². The lowest BCUT2D eigenvalue weighted by atomic mass is 9.99. The van der Waals surface area contributed by atoms with E-state index in [1.54, 1.807) is 18.2 Å². The number of carbonyl (C=O) groups is 2. The second-order valence-corrected chi connectivity index (χ2v) is 7.92. The molecule has 1 aliphatic heterocycles. The number of hydrogen-bond donors (Lipinski definition) is 2. The molecule has 3 rings (SSSR count). The fourth-order valence-electron chi connectivity index (χ4n) is 3.21. The van der Waals surface area contributed by atoms with Gasteiger partial charge in [-0.15, -0.1) is 0 Å². The standard InChI is InChI=1S/C25H28N2O5S/c1-4-16(3)18-7-9-19(10-8-18)31-12-13-32-21-11-6-17(15-22(21)30-5-2)14-20-23(28)26-25(33)27-24(20)29/h6-11,14-16H,4-5,12-13H2,1-3H3,(H2,26,27,28,29,33). The molecule has 2 aromatic rings. The minimum atomic E-state index is -0.545. The molecule has 33 heavy (non-hydrogen) atoms. The van der Waals surface area contributed by atoms with Crippen LogP contribution in [0, 0.1) is 0 Å². The zero-order valence-corrected chi connectivity index (χ0v) is 19.8. The van der Waals surface area contributed by atoms with Crippen molar-refractivity contribution in [1.82, 2.24) is 10.6 Å². The molecule has 2 N–H and O–H groups in total. The van der Waals surface area contributed by atoms with Crippen LogP contribution < -0.4 is 24.8 Å². The van der Waals surface area contributed by atoms with Crippen molar-refractivity contribution >= 4 is 35.2 Å². The highest BCUT2D eigenvalue weighted by molar-refractivity contribution is 7.80. The molecule has 1 saturated heterocycles. The molecule has 0 radical (unpaired) electrons. The van der Waals surface area contributed by atoms with E-state index >= 15 is 0 Å². The van der Waals surface area contributed by atoms with E-state index in [0.717, 1.165) is 12.2 Å². The summed E-state index contributed by atoms with van der Waals surface area (Å²) < 4.78 is 17.3. The summed E-state index contributed by atoms with van der Waals surface area (Å²) in [6.45, 7) is 7.38. The van der Waals surface area contributed by atoms with Crippen LogP contribution in [0.2, 0.25) is 0 Å². The fraction of sp³-hybridized carbons (Fsp3) is 0.320. The molecule has 0 aromatic heterocycles. The molecule has 1 atom stereocenters. The smallest absolute Gasteiger partial charge is 0.263 e. The average Bonchev–Trinajstić information content (AvgIpc) is 2.80. The van der Waals surface area contributed by atoms with Gasteiger partial charge in [-0.05, 0) is 72.9 Å². The van der Waals surface area contributed by atoms with Crippen LogP contribution in [0.1, 0.15) is 44.2 Å². The largest absolute Gasteiger partial charge is 0.490 e. The van der Waals surface area contributed by atoms with Crippen LogP contribution in [-0.2, 0) is 9.59 Å². The quantitative estimate of drug-likeness (QED) is 0.238. The Labute approximate surface area is 199 Å². The maximum absolute atomic E-state index is 12.1. The van der Waals surface area contributed by atoms with E-state index in [1.165, 1.54) is 11.6 Å². The number of amides is 2. The number of thiocarbonyl (C=S) groups is 1. The Morgan fingerprint density at radius 1 is 0.909 bits per heavy atom. The summed E-state index contributed by atoms with van der Waals surface area (Å²) in [5, 5.41) is 4.82. The van der Waals surface area contributed by atoms with Gasteiger partial charge >= 0.3 is 0 Å². The molecular formula is C25H28N2O5S. The third kappa shape index (κ3) is 6.55. The molecule has 8 heteroatoms. The van der Waals surface area contributed by atoms with Gasteiger partial charge in [0.1, 0.15) is 24.5 Å². The Morgan fingerprint density at radius 2 is 1.58 bits per heavy atom. The van der Waals surface area contributed by atoms with Crippen molar-refractivity contribution in [3.05, 3.63) is 59.2 Å². The topological polar surface area (TPSA) is 85.9 Å². The van der Waals surface area contributed by atoms with E-state index in [2.05, 4.69) is 36.6 Å². The summed E-state index contributed by atoms with van der Waals surface area (Å²) >= 11 is 4.81. The summed E-state index contributed by atoms with van der Waals surface area (Å²) in [5.41, 5.74) is 1.88. The molecule has 174 valence electrons. The normalized spacial score (nSPS) is 14.3. The van der Waals surface area contributed by atoms with E-state index in [4.69, 9.17) is 26.4 Å². The summed E-state index contributed by atoms with van der Waals surface area (Å²) in [6, 6.07) is 13.3. The van der Waals surface area contributed by atoms with E-state index in [1.807, 2.05) is 19.1 Å². The SMILES string of the molecule is CCOc1cc(C=C2C(=O)NC(=S)NC2=O)ccc1OCCOc1ccc(C(C)CC)cc1. The molecule has 1 unspecified atom stereocenters. The molecule has 7 nitrogen and oxygen atoms in total. The van der Waals surface area contributed by atoms with E-state index < -0.39 is 11.8 Å². The van der Waals surface area contributed by atoms with E-state index in [-0.39, 0.29) is 10.7 Å². The van der Waals surface area contributed by atoms with Gasteiger partial charge in [0.05, 0.1) is 6.61 Å². The predicted molar refractivity (Wildman–Crippen MR) is 131 cm³/mol. The monoisotopic (exact) mass is 468 g/mol. The zero-order chi connectivity index (χ0) is 23.8. The molecule has 0 saturated carbocycles. The van der Waals surface area contributed by atoms with Gasteiger partial charge in [-0.1, -0.05) is 32.0 Å². The first-order chi connectivity index (χ1) is 15.9. The van der Waals surface area contributed by atoms with Crippen LogP contribution >= 0.6 is 12.2 Å². The predicted octanol–water partition coefficient (Wildman–Crippen LogP) is 3.97. The highest BCUT2D eigenvalue weighted by atomic mass is 32.1. The Balaban J connectivity index is 1.61. The van der Waals surface area contributed by atoms with Crippen LogP contribution in [0.3, 0.4) is 0 Å². The van der Waals surface area contributed by atoms with Crippen molar-refractivity contribution < 1.29 is 23.8 Å². The van der Waals surface area contributed by atoms with Crippen molar-refractivity contribution in [2.75, 3.05) is 19.8 Å². The Kier molecular flexibility index (Phi) is 8.43. The molecule has 1 fully saturated rings. The Bertz CT molecular complexity index is 1030. The van der Waals surface area contributed by atoms with Gasteiger partial charge in [-0.3, -0.25) is 20.2 Å². The minimum absolute atomic E-state index is 0.00502. The first-order valence-electron chi connectivity index (χ1n) is 10.9. The maximum atomic E-state index is 12.1. The van der Waals surface area contributed by atoms with E-state index in [0.29, 0.717) is 42.8 Å². The van der Waals surface area contributed by atoms with Crippen molar-refractivity contribution in [2.24, 2.45) is 0 Å². The minimum Gasteiger partial charge on any atom is -0.490 e. The third-order valence-electron chi connectivity index (χ3n) is 5.19. The molecule has 0 bridgehead atoms. The van der Waals surface area contributed by atoms with E-state index in [9.17, 15) is 9.59 Å². The van der Waals surface area contributed by atoms with Crippen molar-refractivity contribution in [1.29, 1.82) is 0 Å². The summed E-state index contributed by atoms with van der Waals surface area (Å²) in [7, 11) is 0. The highest BCUT2D eigenvalue weighted by Gasteiger charge is 2.25. The highest BCUT2D eigenvalue weighted by Crippen LogP contribution is 2.30. The van der Waals surface area contributed by atoms with Crippen LogP contribution in [0.15, 0.2) is 48.0 Å². The first kappa shape index (κ1) is 24.3. The average molecular weight is 469 g/mol. The van der Waals surface area contributed by atoms with Gasteiger partial charge in [0, 0.05) is 0 Å². The summed E-state index contributed by atoms with van der Waals surface area (Å²) in [5.74, 6) is 1.29. The molecule has 0 aliphatic carbocycles. The van der Waals surface area contributed by atoms with Crippen LogP contribution in [0.5, 0.6) is 17.2 Å². The second kappa shape index (κ2) is 11.5. The maximum Gasteiger partial charge on any atom is 0.263 e. The molecular weight excluding hydrogens is 440 g/mol. The lowest BCUT2D eigenvalue weighted by Gasteiger charge is -2.17. The van der Waals surface area contributed by atoms with Crippen LogP contribution in [-0.4, -0.2) is 36.7 Å². The van der Waals surface area contributed by atoms with Gasteiger partial charge in [0.25, 0.3) is 11.8 Å². The molecule has 2 aromatic carbocycles. The second-order valence-electron chi connectivity index (χ2n) is 7.51. The van der Waals surface area contributed by atoms with Gasteiger partial charge in [0.2, 0.25) is 0 Å². The van der Waals surface area contributed by atoms with Crippen molar-refractivity contribution in [2.45, 2.75) is 33.1 Å². The van der Waals surface area contributed by atoms with Crippen LogP contribution in [0.25, 0.3) is 6.08 Å². The fourth-order valence-corrected chi connectivity index (χ4v) is 3.40. The molecule has 1 heterocycles. The van der Waals surface area contributed by atoms with Gasteiger partial charge in [0.15, 0.2) is 16.6 Å². The lowest BCUT2D eigenvalue weighted by Crippen LogP contribution is -2.51. The zero-order valence-electron chi connectivity index (χ0n) is 19.0. The molecule has 0 spiro atoms. The van der Waals surface area contributed by atoms with Gasteiger partial charge < -0.3 is 14.2 Å².